The number of hydrogen-bond acceptors (Lipinski definition) is 3. The fraction of sp³-hybridized carbons (Fsp3) is 0.231. The zero-order chi connectivity index (χ0) is 23.2. The molecule has 7 heteroatoms. The van der Waals surface area contributed by atoms with Crippen LogP contribution in [0.3, 0.4) is 0 Å². The molecule has 170 valence electrons. The first-order chi connectivity index (χ1) is 16.0. The van der Waals surface area contributed by atoms with E-state index in [0.29, 0.717) is 23.4 Å². The molecule has 4 rings (SSSR count). The molecule has 2 unspecified atom stereocenters. The Labute approximate surface area is 195 Å². The van der Waals surface area contributed by atoms with Crippen LogP contribution in [0.5, 0.6) is 0 Å². The molecule has 33 heavy (non-hydrogen) atoms. The van der Waals surface area contributed by atoms with Crippen molar-refractivity contribution in [2.45, 2.75) is 24.6 Å². The van der Waals surface area contributed by atoms with Gasteiger partial charge in [0.1, 0.15) is 16.9 Å². The minimum atomic E-state index is -1.50. The summed E-state index contributed by atoms with van der Waals surface area (Å²) in [5.74, 6) is -1.17. The van der Waals surface area contributed by atoms with Crippen molar-refractivity contribution >= 4 is 28.3 Å². The van der Waals surface area contributed by atoms with Crippen LogP contribution in [0.15, 0.2) is 78.9 Å². The lowest BCUT2D eigenvalue weighted by Crippen LogP contribution is -2.29. The van der Waals surface area contributed by atoms with Gasteiger partial charge in [-0.25, -0.2) is 4.39 Å². The molecule has 3 aromatic carbocycles. The van der Waals surface area contributed by atoms with Crippen LogP contribution in [0, 0.1) is 5.82 Å². The van der Waals surface area contributed by atoms with Gasteiger partial charge in [-0.1, -0.05) is 48.5 Å². The van der Waals surface area contributed by atoms with Crippen LogP contribution in [-0.2, 0) is 22.0 Å². The van der Waals surface area contributed by atoms with Gasteiger partial charge in [0.25, 0.3) is 5.91 Å². The van der Waals surface area contributed by atoms with Crippen LogP contribution in [0.25, 0.3) is 0 Å². The summed E-state index contributed by atoms with van der Waals surface area (Å²) >= 11 is 0. The largest absolute Gasteiger partial charge is 0.352 e. The molecule has 0 spiro atoms. The number of aryl methyl sites for hydroxylation is 1. The summed E-state index contributed by atoms with van der Waals surface area (Å²) in [5.41, 5.74) is 2.65. The molecule has 1 aliphatic rings. The maximum Gasteiger partial charge on any atom is 0.251 e. The molecular formula is C26H25FN2O3S. The average Bonchev–Trinajstić information content (AvgIpc) is 3.13. The summed E-state index contributed by atoms with van der Waals surface area (Å²) in [6.07, 6.45) is 2.79. The number of rotatable bonds is 8. The summed E-state index contributed by atoms with van der Waals surface area (Å²) in [4.78, 5) is 26.6. The Morgan fingerprint density at radius 2 is 1.79 bits per heavy atom. The molecule has 1 heterocycles. The monoisotopic (exact) mass is 464 g/mol. The number of unbranched alkanes of at least 4 members (excludes halogenated alkanes) is 1. The van der Waals surface area contributed by atoms with Crippen molar-refractivity contribution < 1.29 is 18.2 Å². The maximum atomic E-state index is 13.7. The number of amides is 2. The first kappa shape index (κ1) is 22.9. The normalized spacial score (nSPS) is 17.8. The Hall–Kier alpha value is -3.32. The van der Waals surface area contributed by atoms with Crippen molar-refractivity contribution in [3.8, 4) is 0 Å². The number of benzene rings is 3. The van der Waals surface area contributed by atoms with Gasteiger partial charge in [-0.05, 0) is 60.7 Å². The third-order valence-corrected chi connectivity index (χ3v) is 7.07. The van der Waals surface area contributed by atoms with Crippen molar-refractivity contribution in [2.75, 3.05) is 17.2 Å². The van der Waals surface area contributed by atoms with Gasteiger partial charge in [0.05, 0.1) is 10.8 Å². The van der Waals surface area contributed by atoms with Crippen molar-refractivity contribution in [1.82, 2.24) is 5.32 Å². The van der Waals surface area contributed by atoms with E-state index >= 15 is 0 Å². The van der Waals surface area contributed by atoms with Crippen LogP contribution in [-0.4, -0.2) is 28.3 Å². The molecule has 3 aromatic rings. The van der Waals surface area contributed by atoms with Gasteiger partial charge in [-0.3, -0.25) is 18.7 Å². The molecule has 1 fully saturated rings. The Bertz CT molecular complexity index is 1170. The molecule has 1 saturated heterocycles. The number of nitrogens with one attached hydrogen (secondary N) is 1. The lowest BCUT2D eigenvalue weighted by atomic mass is 10.1. The van der Waals surface area contributed by atoms with Crippen molar-refractivity contribution in [3.05, 3.63) is 101 Å². The molecule has 1 aliphatic heterocycles. The highest BCUT2D eigenvalue weighted by atomic mass is 32.2. The molecule has 0 aliphatic carbocycles. The number of halogens is 1. The van der Waals surface area contributed by atoms with Crippen LogP contribution >= 0.6 is 0 Å². The van der Waals surface area contributed by atoms with E-state index in [-0.39, 0.29) is 17.6 Å². The molecule has 0 radical (unpaired) electrons. The molecular weight excluding hydrogens is 439 g/mol. The zero-order valence-corrected chi connectivity index (χ0v) is 18.9. The SMILES string of the molecule is O=C(NCCCCc1ccccc1)c1cccc(C2N(c3cccc(F)c3)C(=O)CS2=O)c1. The van der Waals surface area contributed by atoms with E-state index in [0.717, 1.165) is 19.3 Å². The first-order valence-electron chi connectivity index (χ1n) is 10.9. The minimum absolute atomic E-state index is 0.140. The van der Waals surface area contributed by atoms with Crippen molar-refractivity contribution in [3.63, 3.8) is 0 Å². The third kappa shape index (κ3) is 5.54. The summed E-state index contributed by atoms with van der Waals surface area (Å²) < 4.78 is 26.5. The molecule has 0 saturated carbocycles. The Balaban J connectivity index is 1.41. The lowest BCUT2D eigenvalue weighted by molar-refractivity contribution is -0.115. The molecule has 0 bridgehead atoms. The zero-order valence-electron chi connectivity index (χ0n) is 18.1. The number of carbonyl (C=O) groups is 2. The fourth-order valence-electron chi connectivity index (χ4n) is 3.96. The minimum Gasteiger partial charge on any atom is -0.352 e. The smallest absolute Gasteiger partial charge is 0.251 e. The average molecular weight is 465 g/mol. The van der Waals surface area contributed by atoms with Crippen molar-refractivity contribution in [1.29, 1.82) is 0 Å². The summed E-state index contributed by atoms with van der Waals surface area (Å²) in [6, 6.07) is 22.7. The second kappa shape index (κ2) is 10.5. The molecule has 5 nitrogen and oxygen atoms in total. The molecule has 2 amide bonds. The van der Waals surface area contributed by atoms with E-state index in [1.165, 1.54) is 28.7 Å². The summed E-state index contributed by atoms with van der Waals surface area (Å²) in [7, 11) is -1.50. The van der Waals surface area contributed by atoms with Gasteiger partial charge >= 0.3 is 0 Å². The van der Waals surface area contributed by atoms with Gasteiger partial charge in [-0.2, -0.15) is 0 Å². The predicted molar refractivity (Wildman–Crippen MR) is 128 cm³/mol. The van der Waals surface area contributed by atoms with Crippen LogP contribution in [0.4, 0.5) is 10.1 Å². The summed E-state index contributed by atoms with van der Waals surface area (Å²) in [6.45, 7) is 0.555. The van der Waals surface area contributed by atoms with Gasteiger partial charge in [0, 0.05) is 17.8 Å². The Kier molecular flexibility index (Phi) is 7.29. The number of anilines is 1. The number of hydrogen-bond donors (Lipinski definition) is 1. The summed E-state index contributed by atoms with van der Waals surface area (Å²) in [5, 5.41) is 2.16. The number of nitrogens with zero attached hydrogens (tertiary/aromatic N) is 1. The van der Waals surface area contributed by atoms with Crippen molar-refractivity contribution in [2.24, 2.45) is 0 Å². The molecule has 2 atom stereocenters. The first-order valence-corrected chi connectivity index (χ1v) is 12.3. The van der Waals surface area contributed by atoms with Gasteiger partial charge in [-0.15, -0.1) is 0 Å². The van der Waals surface area contributed by atoms with Crippen LogP contribution in [0.1, 0.15) is 39.7 Å². The van der Waals surface area contributed by atoms with E-state index in [4.69, 9.17) is 0 Å². The third-order valence-electron chi connectivity index (χ3n) is 5.56. The van der Waals surface area contributed by atoms with E-state index in [9.17, 15) is 18.2 Å². The van der Waals surface area contributed by atoms with Gasteiger partial charge in [0.15, 0.2) is 0 Å². The Morgan fingerprint density at radius 3 is 2.58 bits per heavy atom. The second-order valence-electron chi connectivity index (χ2n) is 7.95. The second-order valence-corrected chi connectivity index (χ2v) is 9.44. The lowest BCUT2D eigenvalue weighted by Gasteiger charge is -2.24. The van der Waals surface area contributed by atoms with E-state index in [1.807, 2.05) is 18.2 Å². The fourth-order valence-corrected chi connectivity index (χ4v) is 5.43. The van der Waals surface area contributed by atoms with E-state index < -0.39 is 22.0 Å². The highest BCUT2D eigenvalue weighted by Crippen LogP contribution is 2.35. The van der Waals surface area contributed by atoms with Gasteiger partial charge in [0.2, 0.25) is 5.91 Å². The topological polar surface area (TPSA) is 66.5 Å². The number of carbonyl (C=O) groups excluding carboxylic acids is 2. The highest BCUT2D eigenvalue weighted by molar-refractivity contribution is 7.86. The van der Waals surface area contributed by atoms with E-state index in [1.54, 1.807) is 30.3 Å². The molecule has 1 N–H and O–H groups in total. The van der Waals surface area contributed by atoms with Crippen LogP contribution < -0.4 is 10.2 Å². The van der Waals surface area contributed by atoms with E-state index in [2.05, 4.69) is 17.4 Å². The standard InChI is InChI=1S/C26H25FN2O3S/c27-22-13-7-14-23(17-22)29-24(30)18-33(32)26(29)21-12-6-11-20(16-21)25(31)28-15-5-4-10-19-8-2-1-3-9-19/h1-3,6-9,11-14,16-17,26H,4-5,10,15,18H2,(H,28,31). The Morgan fingerprint density at radius 1 is 1.00 bits per heavy atom. The predicted octanol–water partition coefficient (Wildman–Crippen LogP) is 4.37. The van der Waals surface area contributed by atoms with Gasteiger partial charge < -0.3 is 5.32 Å². The van der Waals surface area contributed by atoms with Crippen LogP contribution in [0.2, 0.25) is 0 Å². The quantitative estimate of drug-likeness (QED) is 0.504. The highest BCUT2D eigenvalue weighted by Gasteiger charge is 2.39. The molecule has 0 aromatic heterocycles. The maximum absolute atomic E-state index is 13.7.